The van der Waals surface area contributed by atoms with E-state index < -0.39 is 0 Å². The Kier molecular flexibility index (Phi) is 2.98. The summed E-state index contributed by atoms with van der Waals surface area (Å²) in [4.78, 5) is 10.7. The zero-order valence-electron chi connectivity index (χ0n) is 4.83. The van der Waals surface area contributed by atoms with Crippen molar-refractivity contribution in [1.82, 2.24) is 3.11 Å². The van der Waals surface area contributed by atoms with Gasteiger partial charge in [-0.3, -0.25) is 0 Å². The second kappa shape index (κ2) is 3.39. The third-order valence-corrected chi connectivity index (χ3v) is 4.55. The molecule has 1 rings (SSSR count). The lowest BCUT2D eigenvalue weighted by atomic mass is 10.4. The summed E-state index contributed by atoms with van der Waals surface area (Å²) in [5, 5.41) is 8.66. The van der Waals surface area contributed by atoms with Gasteiger partial charge in [0.25, 0.3) is 0 Å². The number of alkyl halides is 1. The standard InChI is InChI=1S/C4H5I2NO3/c5-3-2(1-8)10-4(9)7(3)6/h2-3,8H,1H2/t2-,3+/m0/s1. The van der Waals surface area contributed by atoms with E-state index >= 15 is 0 Å². The number of aliphatic hydroxyl groups excluding tert-OH is 1. The number of carbonyl (C=O) groups excluding carboxylic acids is 1. The van der Waals surface area contributed by atoms with E-state index in [9.17, 15) is 4.79 Å². The predicted octanol–water partition coefficient (Wildman–Crippen LogP) is 0.911. The van der Waals surface area contributed by atoms with Gasteiger partial charge in [-0.1, -0.05) is 22.6 Å². The van der Waals surface area contributed by atoms with Gasteiger partial charge in [0.1, 0.15) is 4.05 Å². The summed E-state index contributed by atoms with van der Waals surface area (Å²) in [6.07, 6.45) is -0.746. The third-order valence-electron chi connectivity index (χ3n) is 1.13. The van der Waals surface area contributed by atoms with Gasteiger partial charge >= 0.3 is 6.09 Å². The Labute approximate surface area is 85.5 Å². The zero-order chi connectivity index (χ0) is 7.72. The minimum Gasteiger partial charge on any atom is -0.440 e. The molecule has 0 aromatic carbocycles. The molecule has 0 radical (unpaired) electrons. The SMILES string of the molecule is O=C1O[C@@H](CO)[C@H](I)N1I. The zero-order valence-corrected chi connectivity index (χ0v) is 9.14. The first-order valence-electron chi connectivity index (χ1n) is 2.57. The number of hydrogen-bond donors (Lipinski definition) is 1. The maximum Gasteiger partial charge on any atom is 0.420 e. The molecule has 0 unspecified atom stereocenters. The van der Waals surface area contributed by atoms with Crippen molar-refractivity contribution in [2.24, 2.45) is 0 Å². The predicted molar refractivity (Wildman–Crippen MR) is 51.0 cm³/mol. The van der Waals surface area contributed by atoms with Crippen LogP contribution >= 0.6 is 45.5 Å². The molecule has 58 valence electrons. The van der Waals surface area contributed by atoms with Gasteiger partial charge in [-0.05, 0) is 0 Å². The number of cyclic esters (lactones) is 1. The van der Waals surface area contributed by atoms with Gasteiger partial charge < -0.3 is 9.84 Å². The largest absolute Gasteiger partial charge is 0.440 e. The van der Waals surface area contributed by atoms with Crippen LogP contribution in [-0.4, -0.2) is 31.1 Å². The van der Waals surface area contributed by atoms with E-state index in [-0.39, 0.29) is 22.9 Å². The highest BCUT2D eigenvalue weighted by molar-refractivity contribution is 14.1. The van der Waals surface area contributed by atoms with Crippen molar-refractivity contribution in [2.45, 2.75) is 10.2 Å². The van der Waals surface area contributed by atoms with E-state index in [4.69, 9.17) is 9.84 Å². The van der Waals surface area contributed by atoms with E-state index in [1.807, 2.05) is 45.5 Å². The molecular weight excluding hydrogens is 364 g/mol. The van der Waals surface area contributed by atoms with Crippen molar-refractivity contribution < 1.29 is 14.6 Å². The number of amides is 1. The van der Waals surface area contributed by atoms with E-state index in [1.54, 1.807) is 0 Å². The van der Waals surface area contributed by atoms with Crippen LogP contribution in [0.5, 0.6) is 0 Å². The monoisotopic (exact) mass is 369 g/mol. The van der Waals surface area contributed by atoms with E-state index in [0.29, 0.717) is 0 Å². The van der Waals surface area contributed by atoms with Crippen LogP contribution in [0.4, 0.5) is 4.79 Å². The minimum absolute atomic E-state index is 0.0595. The molecule has 1 N–H and O–H groups in total. The molecule has 0 aliphatic carbocycles. The number of aliphatic hydroxyl groups is 1. The third kappa shape index (κ3) is 1.47. The quantitative estimate of drug-likeness (QED) is 0.324. The summed E-state index contributed by atoms with van der Waals surface area (Å²) >= 11 is 3.91. The Balaban J connectivity index is 2.61. The average Bonchev–Trinajstić information content (AvgIpc) is 2.17. The lowest BCUT2D eigenvalue weighted by molar-refractivity contribution is 0.0941. The number of ether oxygens (including phenoxy) is 1. The number of halogens is 2. The number of carbonyl (C=O) groups is 1. The van der Waals surface area contributed by atoms with Gasteiger partial charge in [0.15, 0.2) is 6.10 Å². The van der Waals surface area contributed by atoms with Gasteiger partial charge in [0.2, 0.25) is 0 Å². The Bertz CT molecular complexity index is 153. The lowest BCUT2D eigenvalue weighted by Crippen LogP contribution is -2.25. The van der Waals surface area contributed by atoms with Gasteiger partial charge in [0.05, 0.1) is 29.5 Å². The smallest absolute Gasteiger partial charge is 0.420 e. The molecule has 0 aromatic rings. The van der Waals surface area contributed by atoms with Crippen LogP contribution in [0.3, 0.4) is 0 Å². The van der Waals surface area contributed by atoms with Gasteiger partial charge in [-0.2, -0.15) is 0 Å². The normalized spacial score (nSPS) is 32.7. The molecule has 0 bridgehead atoms. The van der Waals surface area contributed by atoms with Crippen molar-refractivity contribution in [1.29, 1.82) is 0 Å². The molecule has 4 nitrogen and oxygen atoms in total. The van der Waals surface area contributed by atoms with Gasteiger partial charge in [-0.15, -0.1) is 0 Å². The lowest BCUT2D eigenvalue weighted by Gasteiger charge is -2.09. The second-order valence-corrected chi connectivity index (χ2v) is 4.10. The fourth-order valence-electron chi connectivity index (χ4n) is 0.607. The molecule has 1 aliphatic heterocycles. The number of hydrogen-bond acceptors (Lipinski definition) is 3. The summed E-state index contributed by atoms with van der Waals surface area (Å²) in [5.41, 5.74) is 0. The van der Waals surface area contributed by atoms with E-state index in [2.05, 4.69) is 0 Å². The fraction of sp³-hybridized carbons (Fsp3) is 0.750. The highest BCUT2D eigenvalue weighted by Crippen LogP contribution is 2.27. The molecule has 1 amide bonds. The van der Waals surface area contributed by atoms with Gasteiger partial charge in [-0.25, -0.2) is 7.91 Å². The van der Waals surface area contributed by atoms with Crippen molar-refractivity contribution in [2.75, 3.05) is 6.61 Å². The molecule has 0 aromatic heterocycles. The van der Waals surface area contributed by atoms with Crippen LogP contribution in [0.1, 0.15) is 0 Å². The Morgan fingerprint density at radius 2 is 2.40 bits per heavy atom. The molecule has 2 atom stereocenters. The minimum atomic E-state index is -0.376. The molecule has 1 aliphatic rings. The van der Waals surface area contributed by atoms with E-state index in [1.165, 1.54) is 3.11 Å². The van der Waals surface area contributed by atoms with Crippen LogP contribution < -0.4 is 0 Å². The first-order valence-corrected chi connectivity index (χ1v) is 4.78. The number of nitrogens with zero attached hydrogens (tertiary/aromatic N) is 1. The highest BCUT2D eigenvalue weighted by atomic mass is 127. The van der Waals surface area contributed by atoms with Crippen LogP contribution in [-0.2, 0) is 4.74 Å². The molecule has 0 spiro atoms. The summed E-state index contributed by atoms with van der Waals surface area (Å²) in [6, 6.07) is 0. The molecule has 1 saturated heterocycles. The number of rotatable bonds is 1. The first kappa shape index (κ1) is 8.78. The van der Waals surface area contributed by atoms with Gasteiger partial charge in [0, 0.05) is 0 Å². The molecular formula is C4H5I2NO3. The van der Waals surface area contributed by atoms with Crippen LogP contribution in [0.25, 0.3) is 0 Å². The van der Waals surface area contributed by atoms with Crippen LogP contribution in [0, 0.1) is 0 Å². The first-order chi connectivity index (χ1) is 4.66. The van der Waals surface area contributed by atoms with Crippen molar-refractivity contribution in [3.8, 4) is 0 Å². The molecule has 10 heavy (non-hydrogen) atoms. The summed E-state index contributed by atoms with van der Waals surface area (Å²) < 4.78 is 6.13. The molecule has 1 fully saturated rings. The van der Waals surface area contributed by atoms with Crippen molar-refractivity contribution >= 4 is 51.5 Å². The molecule has 1 heterocycles. The van der Waals surface area contributed by atoms with E-state index in [0.717, 1.165) is 0 Å². The summed E-state index contributed by atoms with van der Waals surface area (Å²) in [6.45, 7) is -0.112. The second-order valence-electron chi connectivity index (χ2n) is 1.79. The Hall–Kier alpha value is 0.690. The van der Waals surface area contributed by atoms with Crippen molar-refractivity contribution in [3.05, 3.63) is 0 Å². The highest BCUT2D eigenvalue weighted by Gasteiger charge is 2.38. The molecule has 6 heteroatoms. The fourth-order valence-corrected chi connectivity index (χ4v) is 1.68. The van der Waals surface area contributed by atoms with Crippen LogP contribution in [0.2, 0.25) is 0 Å². The topological polar surface area (TPSA) is 49.8 Å². The average molecular weight is 369 g/mol. The maximum absolute atomic E-state index is 10.7. The summed E-state index contributed by atoms with van der Waals surface area (Å²) in [7, 11) is 0. The summed E-state index contributed by atoms with van der Waals surface area (Å²) in [5.74, 6) is 0. The van der Waals surface area contributed by atoms with Crippen molar-refractivity contribution in [3.63, 3.8) is 0 Å². The molecule has 0 saturated carbocycles. The Morgan fingerprint density at radius 3 is 2.60 bits per heavy atom. The van der Waals surface area contributed by atoms with Crippen LogP contribution in [0.15, 0.2) is 0 Å². The Morgan fingerprint density at radius 1 is 1.80 bits per heavy atom. The maximum atomic E-state index is 10.7.